The van der Waals surface area contributed by atoms with E-state index < -0.39 is 0 Å². The number of nitrogens with zero attached hydrogens (tertiary/aromatic N) is 2. The number of hydrogen-bond donors (Lipinski definition) is 0. The smallest absolute Gasteiger partial charge is 0.253 e. The second-order valence-corrected chi connectivity index (χ2v) is 6.83. The molecule has 0 saturated heterocycles. The Morgan fingerprint density at radius 1 is 1.28 bits per heavy atom. The van der Waals surface area contributed by atoms with Crippen LogP contribution < -0.4 is 4.74 Å². The zero-order chi connectivity index (χ0) is 17.8. The Labute approximate surface area is 148 Å². The monoisotopic (exact) mass is 342 g/mol. The molecule has 5 heteroatoms. The lowest BCUT2D eigenvalue weighted by Crippen LogP contribution is -2.38. The number of aromatic nitrogens is 1. The van der Waals surface area contributed by atoms with Gasteiger partial charge in [0.1, 0.15) is 18.1 Å². The van der Waals surface area contributed by atoms with Crippen molar-refractivity contribution in [2.45, 2.75) is 58.6 Å². The first kappa shape index (κ1) is 17.5. The van der Waals surface area contributed by atoms with E-state index >= 15 is 0 Å². The number of hydrogen-bond acceptors (Lipinski definition) is 4. The van der Waals surface area contributed by atoms with Crippen molar-refractivity contribution in [1.82, 2.24) is 10.1 Å². The van der Waals surface area contributed by atoms with Gasteiger partial charge in [-0.25, -0.2) is 0 Å². The van der Waals surface area contributed by atoms with Gasteiger partial charge in [0.25, 0.3) is 5.91 Å². The van der Waals surface area contributed by atoms with Crippen molar-refractivity contribution in [2.75, 3.05) is 7.05 Å². The van der Waals surface area contributed by atoms with E-state index in [9.17, 15) is 4.79 Å². The quantitative estimate of drug-likeness (QED) is 0.814. The van der Waals surface area contributed by atoms with Gasteiger partial charge in [0.15, 0.2) is 0 Å². The van der Waals surface area contributed by atoms with Crippen LogP contribution in [0.4, 0.5) is 0 Å². The molecule has 1 heterocycles. The van der Waals surface area contributed by atoms with Crippen LogP contribution in [0.5, 0.6) is 5.75 Å². The van der Waals surface area contributed by atoms with E-state index in [0.29, 0.717) is 24.0 Å². The number of rotatable bonds is 5. The highest BCUT2D eigenvalue weighted by Gasteiger charge is 2.23. The van der Waals surface area contributed by atoms with Crippen LogP contribution in [-0.2, 0) is 6.61 Å². The van der Waals surface area contributed by atoms with Gasteiger partial charge in [-0.3, -0.25) is 4.79 Å². The van der Waals surface area contributed by atoms with Gasteiger partial charge in [-0.05, 0) is 44.9 Å². The maximum Gasteiger partial charge on any atom is 0.253 e. The van der Waals surface area contributed by atoms with Gasteiger partial charge in [-0.2, -0.15) is 0 Å². The molecule has 1 saturated carbocycles. The molecule has 0 N–H and O–H groups in total. The number of benzene rings is 1. The summed E-state index contributed by atoms with van der Waals surface area (Å²) in [5, 5.41) is 3.93. The summed E-state index contributed by atoms with van der Waals surface area (Å²) >= 11 is 0. The van der Waals surface area contributed by atoms with E-state index in [1.54, 1.807) is 0 Å². The lowest BCUT2D eigenvalue weighted by Gasteiger charge is -2.31. The molecule has 1 fully saturated rings. The normalized spacial score (nSPS) is 15.2. The second kappa shape index (κ2) is 7.72. The molecule has 0 unspecified atom stereocenters. The summed E-state index contributed by atoms with van der Waals surface area (Å²) in [6.45, 7) is 4.16. The molecule has 134 valence electrons. The molecular weight excluding hydrogens is 316 g/mol. The fraction of sp³-hybridized carbons (Fsp3) is 0.500. The minimum atomic E-state index is 0.0645. The Morgan fingerprint density at radius 2 is 2.04 bits per heavy atom. The Morgan fingerprint density at radius 3 is 2.72 bits per heavy atom. The molecule has 1 aromatic carbocycles. The molecule has 3 rings (SSSR count). The predicted molar refractivity (Wildman–Crippen MR) is 95.7 cm³/mol. The summed E-state index contributed by atoms with van der Waals surface area (Å²) in [5.74, 6) is 1.51. The van der Waals surface area contributed by atoms with Gasteiger partial charge in [-0.1, -0.05) is 30.5 Å². The molecule has 0 bridgehead atoms. The number of aryl methyl sites for hydroxylation is 2. The highest BCUT2D eigenvalue weighted by Crippen LogP contribution is 2.24. The number of ether oxygens (including phenoxy) is 1. The van der Waals surface area contributed by atoms with Gasteiger partial charge < -0.3 is 14.2 Å². The summed E-state index contributed by atoms with van der Waals surface area (Å²) in [7, 11) is 1.91. The minimum absolute atomic E-state index is 0.0645. The number of carbonyl (C=O) groups is 1. The summed E-state index contributed by atoms with van der Waals surface area (Å²) in [4.78, 5) is 14.7. The molecule has 0 radical (unpaired) electrons. The second-order valence-electron chi connectivity index (χ2n) is 6.83. The first-order chi connectivity index (χ1) is 12.1. The first-order valence-electron chi connectivity index (χ1n) is 8.98. The van der Waals surface area contributed by atoms with Gasteiger partial charge in [0.2, 0.25) is 0 Å². The molecule has 1 aliphatic carbocycles. The maximum absolute atomic E-state index is 12.8. The van der Waals surface area contributed by atoms with Crippen LogP contribution in [0.25, 0.3) is 0 Å². The molecule has 1 aliphatic rings. The number of amides is 1. The van der Waals surface area contributed by atoms with E-state index in [0.717, 1.165) is 29.9 Å². The lowest BCUT2D eigenvalue weighted by molar-refractivity contribution is 0.0695. The molecule has 25 heavy (non-hydrogen) atoms. The molecule has 5 nitrogen and oxygen atoms in total. The average Bonchev–Trinajstić information content (AvgIpc) is 2.97. The van der Waals surface area contributed by atoms with Crippen LogP contribution in [0.15, 0.2) is 28.8 Å². The fourth-order valence-electron chi connectivity index (χ4n) is 3.42. The zero-order valence-corrected chi connectivity index (χ0v) is 15.2. The molecule has 2 aromatic rings. The van der Waals surface area contributed by atoms with Crippen LogP contribution in [0.2, 0.25) is 0 Å². The maximum atomic E-state index is 12.8. The highest BCUT2D eigenvalue weighted by atomic mass is 16.5. The fourth-order valence-corrected chi connectivity index (χ4v) is 3.42. The summed E-state index contributed by atoms with van der Waals surface area (Å²) in [6.07, 6.45) is 5.91. The van der Waals surface area contributed by atoms with Crippen LogP contribution in [0.3, 0.4) is 0 Å². The molecule has 0 spiro atoms. The van der Waals surface area contributed by atoms with Crippen molar-refractivity contribution in [2.24, 2.45) is 0 Å². The van der Waals surface area contributed by atoms with E-state index in [1.165, 1.54) is 19.3 Å². The van der Waals surface area contributed by atoms with Crippen LogP contribution in [-0.4, -0.2) is 29.1 Å². The number of carbonyl (C=O) groups excluding carboxylic acids is 1. The van der Waals surface area contributed by atoms with E-state index in [4.69, 9.17) is 9.26 Å². The third kappa shape index (κ3) is 4.03. The third-order valence-electron chi connectivity index (χ3n) is 5.09. The van der Waals surface area contributed by atoms with Crippen molar-refractivity contribution in [3.8, 4) is 5.75 Å². The van der Waals surface area contributed by atoms with Gasteiger partial charge in [-0.15, -0.1) is 0 Å². The summed E-state index contributed by atoms with van der Waals surface area (Å²) < 4.78 is 11.0. The van der Waals surface area contributed by atoms with Gasteiger partial charge in [0, 0.05) is 18.7 Å². The van der Waals surface area contributed by atoms with E-state index in [-0.39, 0.29) is 5.91 Å². The van der Waals surface area contributed by atoms with Crippen molar-refractivity contribution in [3.05, 3.63) is 46.8 Å². The Bertz CT molecular complexity index is 713. The molecule has 1 aromatic heterocycles. The SMILES string of the molecule is Cc1noc(C)c1COc1cccc(C(=O)N(C)C2CCCCC2)c1. The lowest BCUT2D eigenvalue weighted by atomic mass is 9.94. The first-order valence-corrected chi connectivity index (χ1v) is 8.98. The van der Waals surface area contributed by atoms with Crippen molar-refractivity contribution >= 4 is 5.91 Å². The standard InChI is InChI=1S/C20H26N2O3/c1-14-19(15(2)25-21-14)13-24-18-11-7-8-16(12-18)20(23)22(3)17-9-5-4-6-10-17/h7-8,11-12,17H,4-6,9-10,13H2,1-3H3. The van der Waals surface area contributed by atoms with Crippen LogP contribution >= 0.6 is 0 Å². The topological polar surface area (TPSA) is 55.6 Å². The van der Waals surface area contributed by atoms with Gasteiger partial charge in [0.05, 0.1) is 11.3 Å². The Hall–Kier alpha value is -2.30. The molecule has 0 atom stereocenters. The Kier molecular flexibility index (Phi) is 5.41. The third-order valence-corrected chi connectivity index (χ3v) is 5.09. The van der Waals surface area contributed by atoms with Crippen LogP contribution in [0.1, 0.15) is 59.5 Å². The van der Waals surface area contributed by atoms with Crippen LogP contribution in [0, 0.1) is 13.8 Å². The van der Waals surface area contributed by atoms with Gasteiger partial charge >= 0.3 is 0 Å². The molecule has 0 aliphatic heterocycles. The predicted octanol–water partition coefficient (Wildman–Crippen LogP) is 4.28. The van der Waals surface area contributed by atoms with Crippen molar-refractivity contribution < 1.29 is 14.1 Å². The highest BCUT2D eigenvalue weighted by molar-refractivity contribution is 5.94. The summed E-state index contributed by atoms with van der Waals surface area (Å²) in [5.41, 5.74) is 2.46. The molecular formula is C20H26N2O3. The van der Waals surface area contributed by atoms with E-state index in [1.807, 2.05) is 50.1 Å². The summed E-state index contributed by atoms with van der Waals surface area (Å²) in [6, 6.07) is 7.76. The largest absolute Gasteiger partial charge is 0.489 e. The van der Waals surface area contributed by atoms with Crippen molar-refractivity contribution in [1.29, 1.82) is 0 Å². The minimum Gasteiger partial charge on any atom is -0.489 e. The Balaban J connectivity index is 1.67. The van der Waals surface area contributed by atoms with Crippen molar-refractivity contribution in [3.63, 3.8) is 0 Å². The zero-order valence-electron chi connectivity index (χ0n) is 15.2. The average molecular weight is 342 g/mol. The molecule has 1 amide bonds. The van der Waals surface area contributed by atoms with E-state index in [2.05, 4.69) is 5.16 Å².